The van der Waals surface area contributed by atoms with Gasteiger partial charge in [-0.05, 0) is 12.1 Å². The topological polar surface area (TPSA) is 55.4 Å². The van der Waals surface area contributed by atoms with E-state index in [4.69, 9.17) is 9.47 Å². The highest BCUT2D eigenvalue weighted by Crippen LogP contribution is 2.29. The summed E-state index contributed by atoms with van der Waals surface area (Å²) in [4.78, 5) is 14.4. The van der Waals surface area contributed by atoms with Crippen molar-refractivity contribution in [2.75, 3.05) is 40.4 Å². The summed E-state index contributed by atoms with van der Waals surface area (Å²) >= 11 is 0. The van der Waals surface area contributed by atoms with Gasteiger partial charge in [-0.15, -0.1) is 0 Å². The molecule has 2 N–H and O–H groups in total. The number of rotatable bonds is 3. The van der Waals surface area contributed by atoms with Crippen LogP contribution in [-0.4, -0.2) is 51.2 Å². The Bertz CT molecular complexity index is 406. The van der Waals surface area contributed by atoms with Crippen LogP contribution in [0.5, 0.6) is 11.5 Å². The van der Waals surface area contributed by atoms with E-state index >= 15 is 0 Å². The number of nitrogens with zero attached hydrogens (tertiary/aromatic N) is 1. The van der Waals surface area contributed by atoms with E-state index < -0.39 is 0 Å². The summed E-state index contributed by atoms with van der Waals surface area (Å²) in [6, 6.07) is 5.38. The molecule has 1 aromatic carbocycles. The summed E-state index contributed by atoms with van der Waals surface area (Å²) in [5, 5.41) is 2.21. The Balaban J connectivity index is 2.32. The van der Waals surface area contributed by atoms with Crippen LogP contribution in [0.25, 0.3) is 0 Å². The Labute approximate surface area is 107 Å². The molecular formula is C13H19N2O3+. The zero-order valence-electron chi connectivity index (χ0n) is 10.8. The van der Waals surface area contributed by atoms with E-state index in [1.807, 2.05) is 11.0 Å². The molecule has 5 nitrogen and oxygen atoms in total. The van der Waals surface area contributed by atoms with Crippen LogP contribution >= 0.6 is 0 Å². The number of carbonyl (C=O) groups is 1. The lowest BCUT2D eigenvalue weighted by Gasteiger charge is -2.26. The van der Waals surface area contributed by atoms with Crippen molar-refractivity contribution in [1.29, 1.82) is 0 Å². The van der Waals surface area contributed by atoms with E-state index in [9.17, 15) is 4.79 Å². The number of ether oxygens (including phenoxy) is 2. The molecule has 0 saturated carbocycles. The lowest BCUT2D eigenvalue weighted by atomic mass is 10.1. The largest absolute Gasteiger partial charge is 0.496 e. The predicted octanol–water partition coefficient (Wildman–Crippen LogP) is -0.277. The van der Waals surface area contributed by atoms with Gasteiger partial charge < -0.3 is 19.7 Å². The lowest BCUT2D eigenvalue weighted by Crippen LogP contribution is -2.89. The molecule has 5 heteroatoms. The zero-order valence-corrected chi connectivity index (χ0v) is 10.8. The minimum Gasteiger partial charge on any atom is -0.496 e. The second-order valence-corrected chi connectivity index (χ2v) is 4.20. The molecule has 0 bridgehead atoms. The van der Waals surface area contributed by atoms with Crippen molar-refractivity contribution in [2.45, 2.75) is 0 Å². The van der Waals surface area contributed by atoms with Gasteiger partial charge in [-0.3, -0.25) is 4.79 Å². The minimum absolute atomic E-state index is 0.0163. The van der Waals surface area contributed by atoms with Gasteiger partial charge in [-0.2, -0.15) is 0 Å². The summed E-state index contributed by atoms with van der Waals surface area (Å²) in [5.74, 6) is 1.11. The van der Waals surface area contributed by atoms with Crippen LogP contribution in [0.2, 0.25) is 0 Å². The van der Waals surface area contributed by atoms with Crippen molar-refractivity contribution in [3.63, 3.8) is 0 Å². The summed E-state index contributed by atoms with van der Waals surface area (Å²) in [6.45, 7) is 3.42. The van der Waals surface area contributed by atoms with Crippen molar-refractivity contribution >= 4 is 5.91 Å². The Hall–Kier alpha value is -1.75. The van der Waals surface area contributed by atoms with E-state index in [1.54, 1.807) is 26.4 Å². The molecule has 1 aliphatic heterocycles. The first-order valence-electron chi connectivity index (χ1n) is 6.10. The van der Waals surface area contributed by atoms with Gasteiger partial charge in [0.2, 0.25) is 0 Å². The maximum absolute atomic E-state index is 12.5. The Morgan fingerprint density at radius 3 is 2.22 bits per heavy atom. The van der Waals surface area contributed by atoms with Crippen molar-refractivity contribution < 1.29 is 19.6 Å². The summed E-state index contributed by atoms with van der Waals surface area (Å²) in [6.07, 6.45) is 0. The highest BCUT2D eigenvalue weighted by molar-refractivity contribution is 5.99. The molecule has 0 spiro atoms. The number of amides is 1. The molecule has 1 aliphatic rings. The smallest absolute Gasteiger partial charge is 0.261 e. The molecule has 1 saturated heterocycles. The highest BCUT2D eigenvalue weighted by Gasteiger charge is 2.25. The number of nitrogens with two attached hydrogens (primary N) is 1. The molecule has 0 aromatic heterocycles. The van der Waals surface area contributed by atoms with E-state index in [0.717, 1.165) is 26.2 Å². The Morgan fingerprint density at radius 2 is 1.72 bits per heavy atom. The fourth-order valence-corrected chi connectivity index (χ4v) is 2.17. The van der Waals surface area contributed by atoms with Crippen LogP contribution in [-0.2, 0) is 0 Å². The van der Waals surface area contributed by atoms with Crippen LogP contribution in [0, 0.1) is 0 Å². The van der Waals surface area contributed by atoms with Gasteiger partial charge in [0.05, 0.1) is 40.4 Å². The highest BCUT2D eigenvalue weighted by atomic mass is 16.5. The molecule has 98 valence electrons. The molecule has 2 rings (SSSR count). The first-order chi connectivity index (χ1) is 8.77. The SMILES string of the molecule is COc1cccc(OC)c1C(=O)N1CC[NH2+]CC1. The molecule has 18 heavy (non-hydrogen) atoms. The molecule has 0 atom stereocenters. The quantitative estimate of drug-likeness (QED) is 0.804. The van der Waals surface area contributed by atoms with Crippen molar-refractivity contribution in [3.8, 4) is 11.5 Å². The predicted molar refractivity (Wildman–Crippen MR) is 67.1 cm³/mol. The van der Waals surface area contributed by atoms with Crippen molar-refractivity contribution in [3.05, 3.63) is 23.8 Å². The zero-order chi connectivity index (χ0) is 13.0. The monoisotopic (exact) mass is 251 g/mol. The fourth-order valence-electron chi connectivity index (χ4n) is 2.17. The van der Waals surface area contributed by atoms with Crippen molar-refractivity contribution in [1.82, 2.24) is 4.90 Å². The molecular weight excluding hydrogens is 232 g/mol. The average Bonchev–Trinajstić information content (AvgIpc) is 2.46. The molecule has 0 radical (unpaired) electrons. The van der Waals surface area contributed by atoms with Gasteiger partial charge in [-0.25, -0.2) is 0 Å². The normalized spacial score (nSPS) is 15.3. The summed E-state index contributed by atoms with van der Waals surface area (Å²) < 4.78 is 10.5. The third-order valence-corrected chi connectivity index (χ3v) is 3.14. The second-order valence-electron chi connectivity index (χ2n) is 4.20. The summed E-state index contributed by atoms with van der Waals surface area (Å²) in [5.41, 5.74) is 0.518. The number of quaternary nitrogens is 1. The van der Waals surface area contributed by atoms with Gasteiger partial charge in [0.25, 0.3) is 5.91 Å². The number of piperazine rings is 1. The van der Waals surface area contributed by atoms with Crippen LogP contribution < -0.4 is 14.8 Å². The Morgan fingerprint density at radius 1 is 1.17 bits per heavy atom. The van der Waals surface area contributed by atoms with Crippen LogP contribution in [0.4, 0.5) is 0 Å². The maximum Gasteiger partial charge on any atom is 0.261 e. The molecule has 1 heterocycles. The molecule has 0 aliphatic carbocycles. The maximum atomic E-state index is 12.5. The molecule has 0 unspecified atom stereocenters. The summed E-state index contributed by atoms with van der Waals surface area (Å²) in [7, 11) is 3.13. The first-order valence-corrected chi connectivity index (χ1v) is 6.10. The number of hydrogen-bond acceptors (Lipinski definition) is 3. The standard InChI is InChI=1S/C13H18N2O3/c1-17-10-4-3-5-11(18-2)12(10)13(16)15-8-6-14-7-9-15/h3-5,14H,6-9H2,1-2H3/p+1. The second kappa shape index (κ2) is 5.73. The van der Waals surface area contributed by atoms with Crippen molar-refractivity contribution in [2.24, 2.45) is 0 Å². The number of methoxy groups -OCH3 is 2. The van der Waals surface area contributed by atoms with E-state index in [0.29, 0.717) is 17.1 Å². The third-order valence-electron chi connectivity index (χ3n) is 3.14. The van der Waals surface area contributed by atoms with Gasteiger partial charge in [0, 0.05) is 0 Å². The van der Waals surface area contributed by atoms with Gasteiger partial charge in [0.1, 0.15) is 17.1 Å². The lowest BCUT2D eigenvalue weighted by molar-refractivity contribution is -0.661. The van der Waals surface area contributed by atoms with Crippen LogP contribution in [0.3, 0.4) is 0 Å². The number of carbonyl (C=O) groups excluding carboxylic acids is 1. The van der Waals surface area contributed by atoms with E-state index in [-0.39, 0.29) is 5.91 Å². The van der Waals surface area contributed by atoms with Gasteiger partial charge in [-0.1, -0.05) is 6.07 Å². The molecule has 1 aromatic rings. The third kappa shape index (κ3) is 2.41. The number of benzene rings is 1. The fraction of sp³-hybridized carbons (Fsp3) is 0.462. The van der Waals surface area contributed by atoms with Gasteiger partial charge in [0.15, 0.2) is 0 Å². The van der Waals surface area contributed by atoms with Crippen LogP contribution in [0.15, 0.2) is 18.2 Å². The first kappa shape index (κ1) is 12.7. The molecule has 1 fully saturated rings. The van der Waals surface area contributed by atoms with E-state index in [1.165, 1.54) is 0 Å². The van der Waals surface area contributed by atoms with E-state index in [2.05, 4.69) is 5.32 Å². The average molecular weight is 251 g/mol. The molecule has 1 amide bonds. The minimum atomic E-state index is -0.0163. The van der Waals surface area contributed by atoms with Crippen LogP contribution in [0.1, 0.15) is 10.4 Å². The number of hydrogen-bond donors (Lipinski definition) is 1. The Kier molecular flexibility index (Phi) is 4.04. The van der Waals surface area contributed by atoms with Gasteiger partial charge >= 0.3 is 0 Å².